The quantitative estimate of drug-likeness (QED) is 0.815. The Bertz CT molecular complexity index is 714. The Kier molecular flexibility index (Phi) is 4.76. The summed E-state index contributed by atoms with van der Waals surface area (Å²) in [6.07, 6.45) is 0.0771. The van der Waals surface area contributed by atoms with Crippen LogP contribution in [0.2, 0.25) is 0 Å². The highest BCUT2D eigenvalue weighted by Crippen LogP contribution is 2.16. The molecule has 1 saturated heterocycles. The maximum absolute atomic E-state index is 12.6. The smallest absolute Gasteiger partial charge is 0.254 e. The third-order valence-electron chi connectivity index (χ3n) is 4.14. The molecule has 1 aliphatic heterocycles. The summed E-state index contributed by atoms with van der Waals surface area (Å²) in [5, 5.41) is 0. The van der Waals surface area contributed by atoms with Gasteiger partial charge in [-0.15, -0.1) is 0 Å². The average Bonchev–Trinajstić information content (AvgIpc) is 2.60. The normalized spacial score (nSPS) is 20.7. The number of carbonyl (C=O) groups excluding carboxylic acids is 2. The second-order valence-electron chi connectivity index (χ2n) is 6.24. The van der Waals surface area contributed by atoms with Gasteiger partial charge in [0.2, 0.25) is 0 Å². The first-order chi connectivity index (χ1) is 11.5. The number of ketones is 1. The van der Waals surface area contributed by atoms with E-state index in [0.29, 0.717) is 29.8 Å². The zero-order valence-corrected chi connectivity index (χ0v) is 13.9. The minimum absolute atomic E-state index is 0.0179. The zero-order valence-electron chi connectivity index (χ0n) is 13.9. The molecule has 2 aromatic rings. The van der Waals surface area contributed by atoms with E-state index >= 15 is 0 Å². The van der Waals surface area contributed by atoms with Crippen LogP contribution in [0.15, 0.2) is 54.6 Å². The molecule has 1 aliphatic rings. The van der Waals surface area contributed by atoms with E-state index in [0.717, 1.165) is 0 Å². The van der Waals surface area contributed by atoms with E-state index in [9.17, 15) is 9.59 Å². The lowest BCUT2D eigenvalue weighted by Gasteiger charge is -2.35. The summed E-state index contributed by atoms with van der Waals surface area (Å²) in [7, 11) is 0. The number of hydrogen-bond donors (Lipinski definition) is 0. The Balaban J connectivity index is 1.74. The highest BCUT2D eigenvalue weighted by atomic mass is 16.5. The molecule has 3 rings (SSSR count). The van der Waals surface area contributed by atoms with Crippen molar-refractivity contribution in [3.8, 4) is 0 Å². The van der Waals surface area contributed by atoms with Crippen LogP contribution in [-0.2, 0) is 4.74 Å². The molecule has 1 heterocycles. The van der Waals surface area contributed by atoms with E-state index in [1.54, 1.807) is 36.4 Å². The summed E-state index contributed by atoms with van der Waals surface area (Å²) in [6, 6.07) is 16.0. The predicted octanol–water partition coefficient (Wildman–Crippen LogP) is 3.17. The minimum atomic E-state index is -0.0387. The number of carbonyl (C=O) groups is 2. The van der Waals surface area contributed by atoms with E-state index in [1.165, 1.54) is 0 Å². The van der Waals surface area contributed by atoms with Crippen LogP contribution in [0, 0.1) is 0 Å². The number of hydrogen-bond acceptors (Lipinski definition) is 3. The van der Waals surface area contributed by atoms with Gasteiger partial charge in [-0.2, -0.15) is 0 Å². The first-order valence-electron chi connectivity index (χ1n) is 8.19. The van der Waals surface area contributed by atoms with Gasteiger partial charge in [0.1, 0.15) is 0 Å². The summed E-state index contributed by atoms with van der Waals surface area (Å²) in [5.41, 5.74) is 1.83. The van der Waals surface area contributed by atoms with Gasteiger partial charge in [0.05, 0.1) is 12.2 Å². The standard InChI is InChI=1S/C20H21NO3/c1-14-12-21(13-15(2)24-14)20(23)18-10-8-17(9-11-18)19(22)16-6-4-3-5-7-16/h3-11,14-15H,12-13H2,1-2H3/t14-,15+. The number of benzene rings is 2. The number of amides is 1. The fourth-order valence-electron chi connectivity index (χ4n) is 3.05. The van der Waals surface area contributed by atoms with E-state index in [4.69, 9.17) is 4.74 Å². The Labute approximate surface area is 142 Å². The summed E-state index contributed by atoms with van der Waals surface area (Å²) in [6.45, 7) is 5.12. The SMILES string of the molecule is C[C@@H]1CN(C(=O)c2ccc(C(=O)c3ccccc3)cc2)C[C@H](C)O1. The fourth-order valence-corrected chi connectivity index (χ4v) is 3.05. The third kappa shape index (κ3) is 3.54. The molecule has 4 heteroatoms. The van der Waals surface area contributed by atoms with E-state index < -0.39 is 0 Å². The van der Waals surface area contributed by atoms with Crippen molar-refractivity contribution in [2.24, 2.45) is 0 Å². The third-order valence-corrected chi connectivity index (χ3v) is 4.14. The second-order valence-corrected chi connectivity index (χ2v) is 6.24. The Hall–Kier alpha value is -2.46. The van der Waals surface area contributed by atoms with Crippen molar-refractivity contribution in [1.82, 2.24) is 4.90 Å². The highest BCUT2D eigenvalue weighted by Gasteiger charge is 2.26. The maximum atomic E-state index is 12.6. The number of nitrogens with zero attached hydrogens (tertiary/aromatic N) is 1. The molecule has 0 aromatic heterocycles. The molecule has 0 radical (unpaired) electrons. The molecule has 0 saturated carbocycles. The molecule has 4 nitrogen and oxygen atoms in total. The highest BCUT2D eigenvalue weighted by molar-refractivity contribution is 6.09. The van der Waals surface area contributed by atoms with Gasteiger partial charge in [0.25, 0.3) is 5.91 Å². The molecule has 0 N–H and O–H groups in total. The minimum Gasteiger partial charge on any atom is -0.372 e. The van der Waals surface area contributed by atoms with Crippen LogP contribution in [0.1, 0.15) is 40.1 Å². The van der Waals surface area contributed by atoms with Crippen molar-refractivity contribution < 1.29 is 14.3 Å². The van der Waals surface area contributed by atoms with Crippen LogP contribution in [-0.4, -0.2) is 41.9 Å². The Morgan fingerprint density at radius 3 is 1.92 bits per heavy atom. The molecule has 1 amide bonds. The number of ether oxygens (including phenoxy) is 1. The van der Waals surface area contributed by atoms with E-state index in [-0.39, 0.29) is 23.9 Å². The van der Waals surface area contributed by atoms with Gasteiger partial charge in [-0.05, 0) is 26.0 Å². The van der Waals surface area contributed by atoms with Crippen LogP contribution in [0.5, 0.6) is 0 Å². The number of rotatable bonds is 3. The molecule has 0 spiro atoms. The molecule has 0 unspecified atom stereocenters. The topological polar surface area (TPSA) is 46.6 Å². The largest absolute Gasteiger partial charge is 0.372 e. The van der Waals surface area contributed by atoms with Crippen LogP contribution in [0.25, 0.3) is 0 Å². The molecule has 124 valence electrons. The van der Waals surface area contributed by atoms with Crippen LogP contribution in [0.3, 0.4) is 0 Å². The molecule has 0 aliphatic carbocycles. The fraction of sp³-hybridized carbons (Fsp3) is 0.300. The van der Waals surface area contributed by atoms with Crippen molar-refractivity contribution in [2.45, 2.75) is 26.1 Å². The summed E-state index contributed by atoms with van der Waals surface area (Å²) >= 11 is 0. The summed E-state index contributed by atoms with van der Waals surface area (Å²) < 4.78 is 5.66. The summed E-state index contributed by atoms with van der Waals surface area (Å²) in [4.78, 5) is 26.8. The van der Waals surface area contributed by atoms with Crippen molar-refractivity contribution in [3.63, 3.8) is 0 Å². The Morgan fingerprint density at radius 1 is 0.833 bits per heavy atom. The van der Waals surface area contributed by atoms with Crippen molar-refractivity contribution in [2.75, 3.05) is 13.1 Å². The van der Waals surface area contributed by atoms with Gasteiger partial charge in [-0.3, -0.25) is 9.59 Å². The Morgan fingerprint density at radius 2 is 1.33 bits per heavy atom. The van der Waals surface area contributed by atoms with Gasteiger partial charge >= 0.3 is 0 Å². The van der Waals surface area contributed by atoms with Gasteiger partial charge in [-0.1, -0.05) is 42.5 Å². The molecule has 2 atom stereocenters. The van der Waals surface area contributed by atoms with Crippen LogP contribution >= 0.6 is 0 Å². The predicted molar refractivity (Wildman–Crippen MR) is 92.2 cm³/mol. The van der Waals surface area contributed by atoms with Crippen molar-refractivity contribution in [1.29, 1.82) is 0 Å². The lowest BCUT2D eigenvalue weighted by atomic mass is 10.0. The van der Waals surface area contributed by atoms with E-state index in [2.05, 4.69) is 0 Å². The molecule has 2 aromatic carbocycles. The number of morpholine rings is 1. The molecule has 24 heavy (non-hydrogen) atoms. The molecule has 1 fully saturated rings. The van der Waals surface area contributed by atoms with Gasteiger partial charge in [0.15, 0.2) is 5.78 Å². The van der Waals surface area contributed by atoms with Gasteiger partial charge in [-0.25, -0.2) is 0 Å². The molecular formula is C20H21NO3. The lowest BCUT2D eigenvalue weighted by molar-refractivity contribution is -0.0586. The zero-order chi connectivity index (χ0) is 17.1. The maximum Gasteiger partial charge on any atom is 0.254 e. The first kappa shape index (κ1) is 16.4. The van der Waals surface area contributed by atoms with Crippen LogP contribution < -0.4 is 0 Å². The second kappa shape index (κ2) is 6.97. The van der Waals surface area contributed by atoms with Crippen molar-refractivity contribution in [3.05, 3.63) is 71.3 Å². The molecule has 0 bridgehead atoms. The lowest BCUT2D eigenvalue weighted by Crippen LogP contribution is -2.48. The molecular weight excluding hydrogens is 302 g/mol. The van der Waals surface area contributed by atoms with Crippen molar-refractivity contribution >= 4 is 11.7 Å². The summed E-state index contributed by atoms with van der Waals surface area (Å²) in [5.74, 6) is -0.0565. The average molecular weight is 323 g/mol. The van der Waals surface area contributed by atoms with Crippen LogP contribution in [0.4, 0.5) is 0 Å². The van der Waals surface area contributed by atoms with Gasteiger partial charge in [0, 0.05) is 29.8 Å². The monoisotopic (exact) mass is 323 g/mol. The van der Waals surface area contributed by atoms with E-state index in [1.807, 2.05) is 36.9 Å². The first-order valence-corrected chi connectivity index (χ1v) is 8.19. The van der Waals surface area contributed by atoms with Gasteiger partial charge < -0.3 is 9.64 Å².